The van der Waals surface area contributed by atoms with Gasteiger partial charge in [-0.3, -0.25) is 0 Å². The maximum atomic E-state index is 5.43. The summed E-state index contributed by atoms with van der Waals surface area (Å²) in [5.74, 6) is 0.950. The highest BCUT2D eigenvalue weighted by molar-refractivity contribution is 7.17. The van der Waals surface area contributed by atoms with Gasteiger partial charge in [-0.15, -0.1) is 11.3 Å². The third-order valence-corrected chi connectivity index (χ3v) is 6.27. The maximum absolute atomic E-state index is 5.43. The second kappa shape index (κ2) is 8.33. The lowest BCUT2D eigenvalue weighted by Gasteiger charge is -2.23. The zero-order valence-electron chi connectivity index (χ0n) is 16.0. The largest absolute Gasteiger partial charge is 0.370 e. The highest BCUT2D eigenvalue weighted by Crippen LogP contribution is 2.36. The second-order valence-electron chi connectivity index (χ2n) is 7.24. The molecule has 6 heteroatoms. The number of anilines is 1. The lowest BCUT2D eigenvalue weighted by Crippen LogP contribution is -3.14. The van der Waals surface area contributed by atoms with E-state index < -0.39 is 0 Å². The number of benzene rings is 1. The van der Waals surface area contributed by atoms with Crippen LogP contribution in [0.25, 0.3) is 21.3 Å². The number of aryl methyl sites for hydroxylation is 2. The number of fused-ring (bicyclic) bond motifs is 1. The Balaban J connectivity index is 1.50. The third-order valence-electron chi connectivity index (χ3n) is 5.39. The van der Waals surface area contributed by atoms with Gasteiger partial charge in [-0.05, 0) is 30.5 Å². The molecule has 0 atom stereocenters. The lowest BCUT2D eigenvalue weighted by molar-refractivity contribution is -0.908. The highest BCUT2D eigenvalue weighted by atomic mass is 32.1. The molecule has 1 aliphatic rings. The summed E-state index contributed by atoms with van der Waals surface area (Å²) in [4.78, 5) is 11.7. The van der Waals surface area contributed by atoms with Crippen LogP contribution in [-0.4, -0.2) is 49.4 Å². The standard InChI is InChI=1S/C21H26N4OS/c1-15-4-5-17(12-16(15)2)18-13-27-21-19(18)20(23-14-24-21)22-6-3-7-25-8-10-26-11-9-25/h4-5,12-14H,3,6-11H2,1-2H3,(H,22,23,24)/p+1. The third kappa shape index (κ3) is 4.13. The minimum Gasteiger partial charge on any atom is -0.370 e. The number of rotatable bonds is 6. The Bertz CT molecular complexity index is 918. The zero-order valence-corrected chi connectivity index (χ0v) is 16.9. The molecule has 27 heavy (non-hydrogen) atoms. The van der Waals surface area contributed by atoms with Gasteiger partial charge in [0.05, 0.1) is 25.1 Å². The Morgan fingerprint density at radius 1 is 1.15 bits per heavy atom. The number of hydrogen-bond donors (Lipinski definition) is 2. The Labute approximate surface area is 164 Å². The Morgan fingerprint density at radius 2 is 2.00 bits per heavy atom. The molecule has 1 aliphatic heterocycles. The highest BCUT2D eigenvalue weighted by Gasteiger charge is 2.15. The molecule has 2 aromatic heterocycles. The van der Waals surface area contributed by atoms with Crippen molar-refractivity contribution in [2.24, 2.45) is 0 Å². The molecule has 142 valence electrons. The number of thiophene rings is 1. The van der Waals surface area contributed by atoms with Gasteiger partial charge < -0.3 is 15.0 Å². The first kappa shape index (κ1) is 18.3. The van der Waals surface area contributed by atoms with E-state index in [1.165, 1.54) is 28.8 Å². The monoisotopic (exact) mass is 383 g/mol. The van der Waals surface area contributed by atoms with E-state index in [1.807, 2.05) is 0 Å². The first-order chi connectivity index (χ1) is 13.2. The molecule has 5 nitrogen and oxygen atoms in total. The Kier molecular flexibility index (Phi) is 5.66. The van der Waals surface area contributed by atoms with Crippen LogP contribution in [0.5, 0.6) is 0 Å². The van der Waals surface area contributed by atoms with Crippen molar-refractivity contribution in [2.45, 2.75) is 20.3 Å². The zero-order chi connectivity index (χ0) is 18.6. The molecular formula is C21H27N4OS+. The normalized spacial score (nSPS) is 15.3. The molecule has 0 radical (unpaired) electrons. The van der Waals surface area contributed by atoms with Crippen molar-refractivity contribution in [3.05, 3.63) is 41.0 Å². The lowest BCUT2D eigenvalue weighted by atomic mass is 10.0. The molecule has 1 fully saturated rings. The van der Waals surface area contributed by atoms with Gasteiger partial charge in [-0.1, -0.05) is 18.2 Å². The van der Waals surface area contributed by atoms with Crippen LogP contribution in [0.1, 0.15) is 17.5 Å². The van der Waals surface area contributed by atoms with Crippen LogP contribution >= 0.6 is 11.3 Å². The fraction of sp³-hybridized carbons (Fsp3) is 0.429. The van der Waals surface area contributed by atoms with Gasteiger partial charge in [0.15, 0.2) is 0 Å². The molecule has 1 aromatic carbocycles. The van der Waals surface area contributed by atoms with Gasteiger partial charge in [0.25, 0.3) is 0 Å². The summed E-state index contributed by atoms with van der Waals surface area (Å²) < 4.78 is 5.43. The number of nitrogens with zero attached hydrogens (tertiary/aromatic N) is 2. The molecule has 0 saturated carbocycles. The van der Waals surface area contributed by atoms with Crippen molar-refractivity contribution in [1.29, 1.82) is 0 Å². The first-order valence-electron chi connectivity index (χ1n) is 9.67. The Morgan fingerprint density at radius 3 is 2.81 bits per heavy atom. The van der Waals surface area contributed by atoms with E-state index in [0.717, 1.165) is 55.3 Å². The first-order valence-corrected chi connectivity index (χ1v) is 10.6. The molecule has 0 spiro atoms. The topological polar surface area (TPSA) is 51.5 Å². The van der Waals surface area contributed by atoms with Gasteiger partial charge in [-0.25, -0.2) is 9.97 Å². The molecule has 0 bridgehead atoms. The van der Waals surface area contributed by atoms with Crippen LogP contribution in [0.2, 0.25) is 0 Å². The molecule has 1 saturated heterocycles. The Hall–Kier alpha value is -2.02. The van der Waals surface area contributed by atoms with E-state index in [2.05, 4.69) is 52.7 Å². The van der Waals surface area contributed by atoms with Gasteiger partial charge in [0.2, 0.25) is 0 Å². The van der Waals surface area contributed by atoms with Crippen molar-refractivity contribution in [2.75, 3.05) is 44.7 Å². The van der Waals surface area contributed by atoms with E-state index in [1.54, 1.807) is 22.6 Å². The summed E-state index contributed by atoms with van der Waals surface area (Å²) in [6.45, 7) is 10.5. The minimum absolute atomic E-state index is 0.892. The number of aromatic nitrogens is 2. The number of hydrogen-bond acceptors (Lipinski definition) is 5. The molecular weight excluding hydrogens is 356 g/mol. The number of quaternary nitrogens is 1. The minimum atomic E-state index is 0.892. The van der Waals surface area contributed by atoms with Crippen LogP contribution in [0.3, 0.4) is 0 Å². The van der Waals surface area contributed by atoms with Crippen molar-refractivity contribution >= 4 is 27.4 Å². The number of nitrogens with one attached hydrogen (secondary N) is 2. The predicted octanol–water partition coefficient (Wildman–Crippen LogP) is 2.69. The summed E-state index contributed by atoms with van der Waals surface area (Å²) in [5, 5.41) is 6.90. The fourth-order valence-electron chi connectivity index (χ4n) is 3.59. The average Bonchev–Trinajstić information content (AvgIpc) is 3.13. The molecule has 3 heterocycles. The predicted molar refractivity (Wildman–Crippen MR) is 112 cm³/mol. The fourth-order valence-corrected chi connectivity index (χ4v) is 4.50. The smallest absolute Gasteiger partial charge is 0.138 e. The van der Waals surface area contributed by atoms with E-state index in [4.69, 9.17) is 4.74 Å². The van der Waals surface area contributed by atoms with Gasteiger partial charge >= 0.3 is 0 Å². The summed E-state index contributed by atoms with van der Waals surface area (Å²) in [6, 6.07) is 6.65. The number of ether oxygens (including phenoxy) is 1. The molecule has 4 rings (SSSR count). The molecule has 0 aliphatic carbocycles. The van der Waals surface area contributed by atoms with Crippen molar-refractivity contribution in [3.63, 3.8) is 0 Å². The van der Waals surface area contributed by atoms with Gasteiger partial charge in [0, 0.05) is 23.9 Å². The molecule has 0 unspecified atom stereocenters. The van der Waals surface area contributed by atoms with Crippen LogP contribution < -0.4 is 10.2 Å². The van der Waals surface area contributed by atoms with Crippen LogP contribution in [-0.2, 0) is 4.74 Å². The van der Waals surface area contributed by atoms with Crippen molar-refractivity contribution < 1.29 is 9.64 Å². The summed E-state index contributed by atoms with van der Waals surface area (Å²) in [7, 11) is 0. The molecule has 2 N–H and O–H groups in total. The van der Waals surface area contributed by atoms with Crippen LogP contribution in [0.4, 0.5) is 5.82 Å². The van der Waals surface area contributed by atoms with Crippen LogP contribution in [0.15, 0.2) is 29.9 Å². The van der Waals surface area contributed by atoms with Crippen LogP contribution in [0, 0.1) is 13.8 Å². The van der Waals surface area contributed by atoms with Crippen molar-refractivity contribution in [1.82, 2.24) is 9.97 Å². The van der Waals surface area contributed by atoms with E-state index >= 15 is 0 Å². The maximum Gasteiger partial charge on any atom is 0.138 e. The average molecular weight is 384 g/mol. The van der Waals surface area contributed by atoms with E-state index in [9.17, 15) is 0 Å². The quantitative estimate of drug-likeness (QED) is 0.643. The SMILES string of the molecule is Cc1ccc(-c2csc3ncnc(NCCC[NH+]4CCOCC4)c23)cc1C. The molecule has 0 amide bonds. The van der Waals surface area contributed by atoms with Gasteiger partial charge in [-0.2, -0.15) is 0 Å². The summed E-state index contributed by atoms with van der Waals surface area (Å²) >= 11 is 1.69. The molecule has 3 aromatic rings. The van der Waals surface area contributed by atoms with E-state index in [0.29, 0.717) is 0 Å². The second-order valence-corrected chi connectivity index (χ2v) is 8.10. The van der Waals surface area contributed by atoms with E-state index in [-0.39, 0.29) is 0 Å². The summed E-state index contributed by atoms with van der Waals surface area (Å²) in [5.41, 5.74) is 5.09. The number of morpholine rings is 1. The van der Waals surface area contributed by atoms with Gasteiger partial charge in [0.1, 0.15) is 30.1 Å². The summed E-state index contributed by atoms with van der Waals surface area (Å²) in [6.07, 6.45) is 2.79. The van der Waals surface area contributed by atoms with Crippen molar-refractivity contribution in [3.8, 4) is 11.1 Å².